The van der Waals surface area contributed by atoms with Gasteiger partial charge in [-0.2, -0.15) is 21.6 Å². The lowest BCUT2D eigenvalue weighted by molar-refractivity contribution is -0.137. The molecule has 16 heavy (non-hydrogen) atoms. The fourth-order valence-corrected chi connectivity index (χ4v) is 1.61. The Bertz CT molecular complexity index is 500. The van der Waals surface area contributed by atoms with Gasteiger partial charge in [-0.15, -0.1) is 0 Å². The number of anilines is 1. The molecule has 0 atom stereocenters. The third-order valence-corrected chi connectivity index (χ3v) is 2.18. The summed E-state index contributed by atoms with van der Waals surface area (Å²) in [6.07, 6.45) is -4.65. The Hall–Kier alpha value is -0.990. The van der Waals surface area contributed by atoms with Crippen LogP contribution in [-0.2, 0) is 16.5 Å². The quantitative estimate of drug-likeness (QED) is 0.815. The van der Waals surface area contributed by atoms with Crippen LogP contribution in [0.1, 0.15) is 5.56 Å². The molecule has 1 aromatic carbocycles. The van der Waals surface area contributed by atoms with Crippen molar-refractivity contribution in [2.24, 2.45) is 0 Å². The number of rotatable bonds is 2. The van der Waals surface area contributed by atoms with E-state index >= 15 is 0 Å². The Morgan fingerprint density at radius 2 is 1.81 bits per heavy atom. The molecule has 90 valence electrons. The van der Waals surface area contributed by atoms with Crippen LogP contribution in [0.3, 0.4) is 0 Å². The van der Waals surface area contributed by atoms with Gasteiger partial charge in [-0.25, -0.2) is 0 Å². The smallest absolute Gasteiger partial charge is 0.269 e. The van der Waals surface area contributed by atoms with E-state index in [1.54, 1.807) is 0 Å². The zero-order chi connectivity index (χ0) is 12.6. The molecule has 0 saturated carbocycles. The molecule has 0 fully saturated rings. The summed E-state index contributed by atoms with van der Waals surface area (Å²) < 4.78 is 67.5. The van der Waals surface area contributed by atoms with Gasteiger partial charge in [-0.05, 0) is 18.2 Å². The van der Waals surface area contributed by atoms with Gasteiger partial charge < -0.3 is 0 Å². The van der Waals surface area contributed by atoms with Gasteiger partial charge in [0.15, 0.2) is 0 Å². The predicted octanol–water partition coefficient (Wildman–Crippen LogP) is 2.57. The largest absolute Gasteiger partial charge is 0.416 e. The van der Waals surface area contributed by atoms with Crippen LogP contribution in [0.4, 0.5) is 18.9 Å². The minimum absolute atomic E-state index is 0.305. The molecular formula is C7H5ClF3NO3S. The highest BCUT2D eigenvalue weighted by atomic mass is 35.5. The number of benzene rings is 1. The third-order valence-electron chi connectivity index (χ3n) is 1.47. The minimum atomic E-state index is -4.65. The van der Waals surface area contributed by atoms with E-state index in [1.165, 1.54) is 4.72 Å². The Morgan fingerprint density at radius 1 is 1.25 bits per heavy atom. The van der Waals surface area contributed by atoms with Crippen molar-refractivity contribution in [3.05, 3.63) is 28.8 Å². The molecular weight excluding hydrogens is 271 g/mol. The van der Waals surface area contributed by atoms with Crippen LogP contribution in [0.15, 0.2) is 18.2 Å². The highest BCUT2D eigenvalue weighted by Crippen LogP contribution is 2.33. The Labute approximate surface area is 93.9 Å². The van der Waals surface area contributed by atoms with E-state index in [2.05, 4.69) is 0 Å². The average molecular weight is 276 g/mol. The van der Waals surface area contributed by atoms with E-state index in [9.17, 15) is 21.6 Å². The molecule has 0 heterocycles. The van der Waals surface area contributed by atoms with Crippen molar-refractivity contribution >= 4 is 27.6 Å². The summed E-state index contributed by atoms with van der Waals surface area (Å²) in [6.45, 7) is 0. The molecule has 0 unspecified atom stereocenters. The van der Waals surface area contributed by atoms with E-state index in [-0.39, 0.29) is 5.02 Å². The van der Waals surface area contributed by atoms with Crippen LogP contribution < -0.4 is 4.72 Å². The number of hydrogen-bond donors (Lipinski definition) is 2. The normalized spacial score (nSPS) is 12.6. The van der Waals surface area contributed by atoms with E-state index in [0.29, 0.717) is 12.1 Å². The van der Waals surface area contributed by atoms with Crippen molar-refractivity contribution in [1.29, 1.82) is 0 Å². The third kappa shape index (κ3) is 3.87. The summed E-state index contributed by atoms with van der Waals surface area (Å²) >= 11 is 5.37. The van der Waals surface area contributed by atoms with Crippen LogP contribution >= 0.6 is 11.6 Å². The van der Waals surface area contributed by atoms with E-state index in [4.69, 9.17) is 16.2 Å². The second kappa shape index (κ2) is 4.11. The van der Waals surface area contributed by atoms with Crippen LogP contribution in [-0.4, -0.2) is 13.0 Å². The van der Waals surface area contributed by atoms with Gasteiger partial charge >= 0.3 is 16.5 Å². The van der Waals surface area contributed by atoms with Crippen molar-refractivity contribution in [3.63, 3.8) is 0 Å². The summed E-state index contributed by atoms with van der Waals surface area (Å²) in [6, 6.07) is 2.08. The molecule has 0 aromatic heterocycles. The molecule has 0 saturated heterocycles. The SMILES string of the molecule is O=S(=O)(O)Nc1cc(Cl)cc(C(F)(F)F)c1. The number of hydrogen-bond acceptors (Lipinski definition) is 2. The lowest BCUT2D eigenvalue weighted by Crippen LogP contribution is -2.12. The first-order valence-electron chi connectivity index (χ1n) is 3.71. The van der Waals surface area contributed by atoms with Crippen LogP contribution in [0.2, 0.25) is 5.02 Å². The maximum absolute atomic E-state index is 12.3. The van der Waals surface area contributed by atoms with E-state index in [0.717, 1.165) is 6.07 Å². The molecule has 1 aromatic rings. The summed E-state index contributed by atoms with van der Waals surface area (Å²) in [5, 5.41) is -0.305. The van der Waals surface area contributed by atoms with Crippen molar-refractivity contribution in [2.75, 3.05) is 4.72 Å². The molecule has 9 heteroatoms. The molecule has 0 radical (unpaired) electrons. The van der Waals surface area contributed by atoms with Crippen molar-refractivity contribution in [2.45, 2.75) is 6.18 Å². The van der Waals surface area contributed by atoms with E-state index < -0.39 is 27.7 Å². The van der Waals surface area contributed by atoms with Gasteiger partial charge in [0.25, 0.3) is 0 Å². The number of nitrogens with one attached hydrogen (secondary N) is 1. The van der Waals surface area contributed by atoms with Gasteiger partial charge in [0.2, 0.25) is 0 Å². The van der Waals surface area contributed by atoms with Crippen molar-refractivity contribution < 1.29 is 26.1 Å². The Balaban J connectivity index is 3.19. The van der Waals surface area contributed by atoms with Gasteiger partial charge in [0.05, 0.1) is 11.3 Å². The summed E-state index contributed by atoms with van der Waals surface area (Å²) in [7, 11) is -4.63. The highest BCUT2D eigenvalue weighted by molar-refractivity contribution is 7.87. The molecule has 0 spiro atoms. The number of halogens is 4. The molecule has 0 bridgehead atoms. The highest BCUT2D eigenvalue weighted by Gasteiger charge is 2.31. The van der Waals surface area contributed by atoms with Gasteiger partial charge in [0.1, 0.15) is 0 Å². The molecule has 4 nitrogen and oxygen atoms in total. The fourth-order valence-electron chi connectivity index (χ4n) is 0.961. The van der Waals surface area contributed by atoms with Crippen LogP contribution in [0.25, 0.3) is 0 Å². The zero-order valence-electron chi connectivity index (χ0n) is 7.42. The monoisotopic (exact) mass is 275 g/mol. The minimum Gasteiger partial charge on any atom is -0.269 e. The molecule has 0 amide bonds. The van der Waals surface area contributed by atoms with Gasteiger partial charge in [-0.3, -0.25) is 9.27 Å². The summed E-state index contributed by atoms with van der Waals surface area (Å²) in [4.78, 5) is 0. The lowest BCUT2D eigenvalue weighted by atomic mass is 10.2. The zero-order valence-corrected chi connectivity index (χ0v) is 8.99. The molecule has 0 aliphatic carbocycles. The first-order valence-corrected chi connectivity index (χ1v) is 5.53. The van der Waals surface area contributed by atoms with Crippen LogP contribution in [0, 0.1) is 0 Å². The fraction of sp³-hybridized carbons (Fsp3) is 0.143. The van der Waals surface area contributed by atoms with Crippen molar-refractivity contribution in [1.82, 2.24) is 0 Å². The Kier molecular flexibility index (Phi) is 3.36. The second-order valence-corrected chi connectivity index (χ2v) is 4.39. The summed E-state index contributed by atoms with van der Waals surface area (Å²) in [5.74, 6) is 0. The van der Waals surface area contributed by atoms with Gasteiger partial charge in [0, 0.05) is 5.02 Å². The molecule has 1 rings (SSSR count). The second-order valence-electron chi connectivity index (χ2n) is 2.80. The Morgan fingerprint density at radius 3 is 2.25 bits per heavy atom. The topological polar surface area (TPSA) is 66.4 Å². The predicted molar refractivity (Wildman–Crippen MR) is 51.6 cm³/mol. The average Bonchev–Trinajstić information content (AvgIpc) is 1.97. The maximum Gasteiger partial charge on any atom is 0.416 e. The number of alkyl halides is 3. The molecule has 0 aliphatic rings. The summed E-state index contributed by atoms with van der Waals surface area (Å²) in [5.41, 5.74) is -1.59. The van der Waals surface area contributed by atoms with Crippen LogP contribution in [0.5, 0.6) is 0 Å². The first kappa shape index (κ1) is 13.1. The van der Waals surface area contributed by atoms with Gasteiger partial charge in [-0.1, -0.05) is 11.6 Å². The van der Waals surface area contributed by atoms with E-state index in [1.807, 2.05) is 0 Å². The van der Waals surface area contributed by atoms with Crippen molar-refractivity contribution in [3.8, 4) is 0 Å². The standard InChI is InChI=1S/C7H5ClF3NO3S/c8-5-1-4(7(9,10)11)2-6(3-5)12-16(13,14)15/h1-3,12H,(H,13,14,15). The first-order chi connectivity index (χ1) is 7.08. The molecule has 0 aliphatic heterocycles. The lowest BCUT2D eigenvalue weighted by Gasteiger charge is -2.09. The molecule has 2 N–H and O–H groups in total. The maximum atomic E-state index is 12.3.